The summed E-state index contributed by atoms with van der Waals surface area (Å²) in [5, 5.41) is 4.95. The van der Waals surface area contributed by atoms with E-state index in [1.807, 2.05) is 0 Å². The molecule has 0 radical (unpaired) electrons. The summed E-state index contributed by atoms with van der Waals surface area (Å²) >= 11 is 0. The zero-order valence-electron chi connectivity index (χ0n) is 18.1. The van der Waals surface area contributed by atoms with Crippen LogP contribution in [0.2, 0.25) is 0 Å². The largest absolute Gasteiger partial charge is 0.452 e. The van der Waals surface area contributed by atoms with Crippen molar-refractivity contribution < 1.29 is 13.9 Å². The molecule has 4 aromatic rings. The number of nitrogens with two attached hydrogens (primary N) is 2. The standard InChI is InChI=1S/C21H21FN8O3/c1-28-9-8-12-14(19-25-17(23)16(18(24)26-19)29(2)21(32)33-3)27-30(15(12)20(28)31)10-11-6-4-5-7-13(11)22/h4-9H,10H2,1-3H3,(H4,23,24,25,26). The van der Waals surface area contributed by atoms with Crippen molar-refractivity contribution in [3.8, 4) is 11.5 Å². The highest BCUT2D eigenvalue weighted by Gasteiger charge is 2.24. The van der Waals surface area contributed by atoms with Gasteiger partial charge in [0.2, 0.25) is 0 Å². The number of hydrogen-bond donors (Lipinski definition) is 2. The molecule has 0 bridgehead atoms. The Labute approximate surface area is 187 Å². The van der Waals surface area contributed by atoms with Crippen LogP contribution in [0.5, 0.6) is 0 Å². The molecule has 4 N–H and O–H groups in total. The molecule has 1 amide bonds. The molecule has 0 aliphatic carbocycles. The zero-order valence-corrected chi connectivity index (χ0v) is 18.1. The van der Waals surface area contributed by atoms with Crippen molar-refractivity contribution in [3.63, 3.8) is 0 Å². The fourth-order valence-corrected chi connectivity index (χ4v) is 3.52. The van der Waals surface area contributed by atoms with Crippen LogP contribution >= 0.6 is 0 Å². The van der Waals surface area contributed by atoms with Gasteiger partial charge in [0.15, 0.2) is 17.5 Å². The van der Waals surface area contributed by atoms with E-state index in [2.05, 4.69) is 19.8 Å². The van der Waals surface area contributed by atoms with Crippen molar-refractivity contribution in [1.82, 2.24) is 24.3 Å². The number of anilines is 3. The molecule has 3 heterocycles. The number of benzene rings is 1. The molecule has 11 nitrogen and oxygen atoms in total. The van der Waals surface area contributed by atoms with Gasteiger partial charge in [0.25, 0.3) is 5.56 Å². The topological polar surface area (TPSA) is 147 Å². The lowest BCUT2D eigenvalue weighted by Crippen LogP contribution is -2.28. The predicted octanol–water partition coefficient (Wildman–Crippen LogP) is 1.75. The monoisotopic (exact) mass is 452 g/mol. The normalized spacial score (nSPS) is 11.0. The van der Waals surface area contributed by atoms with E-state index in [0.717, 1.165) is 4.90 Å². The second-order valence-corrected chi connectivity index (χ2v) is 7.29. The lowest BCUT2D eigenvalue weighted by molar-refractivity contribution is 0.180. The highest BCUT2D eigenvalue weighted by molar-refractivity contribution is 5.96. The Morgan fingerprint density at radius 3 is 2.48 bits per heavy atom. The van der Waals surface area contributed by atoms with Crippen molar-refractivity contribution in [2.24, 2.45) is 7.05 Å². The van der Waals surface area contributed by atoms with Crippen LogP contribution < -0.4 is 21.9 Å². The Morgan fingerprint density at radius 1 is 1.18 bits per heavy atom. The number of carbonyl (C=O) groups excluding carboxylic acids is 1. The maximum atomic E-state index is 14.3. The molecule has 33 heavy (non-hydrogen) atoms. The van der Waals surface area contributed by atoms with E-state index in [1.54, 1.807) is 37.5 Å². The molecule has 0 atom stereocenters. The lowest BCUT2D eigenvalue weighted by atomic mass is 10.2. The van der Waals surface area contributed by atoms with Crippen LogP contribution in [0, 0.1) is 5.82 Å². The van der Waals surface area contributed by atoms with Crippen LogP contribution in [-0.4, -0.2) is 44.6 Å². The molecule has 170 valence electrons. The number of rotatable bonds is 4. The number of fused-ring (bicyclic) bond motifs is 1. The molecule has 0 saturated heterocycles. The summed E-state index contributed by atoms with van der Waals surface area (Å²) in [6, 6.07) is 7.91. The molecule has 12 heteroatoms. The molecule has 0 spiro atoms. The first-order valence-electron chi connectivity index (χ1n) is 9.77. The molecule has 1 aromatic carbocycles. The molecule has 0 aliphatic heterocycles. The van der Waals surface area contributed by atoms with Crippen LogP contribution in [0.4, 0.5) is 26.5 Å². The molecule has 0 aliphatic rings. The third-order valence-corrected chi connectivity index (χ3v) is 5.19. The minimum absolute atomic E-state index is 0.0105. The van der Waals surface area contributed by atoms with Crippen LogP contribution in [0.1, 0.15) is 5.56 Å². The number of methoxy groups -OCH3 is 1. The first-order valence-corrected chi connectivity index (χ1v) is 9.77. The van der Waals surface area contributed by atoms with Gasteiger partial charge in [-0.15, -0.1) is 0 Å². The smallest absolute Gasteiger partial charge is 0.413 e. The van der Waals surface area contributed by atoms with E-state index >= 15 is 0 Å². The molecular formula is C21H21FN8O3. The second kappa shape index (κ2) is 8.22. The van der Waals surface area contributed by atoms with E-state index in [0.29, 0.717) is 10.9 Å². The molecule has 0 unspecified atom stereocenters. The third kappa shape index (κ3) is 3.71. The van der Waals surface area contributed by atoms with Crippen LogP contribution in [0.25, 0.3) is 22.4 Å². The van der Waals surface area contributed by atoms with Gasteiger partial charge in [0, 0.05) is 31.2 Å². The number of nitrogen functional groups attached to an aromatic ring is 2. The van der Waals surface area contributed by atoms with Crippen molar-refractivity contribution in [2.75, 3.05) is 30.5 Å². The number of hydrogen-bond acceptors (Lipinski definition) is 8. The second-order valence-electron chi connectivity index (χ2n) is 7.29. The van der Waals surface area contributed by atoms with Crippen molar-refractivity contribution in [3.05, 3.63) is 58.3 Å². The van der Waals surface area contributed by atoms with Crippen LogP contribution in [0.3, 0.4) is 0 Å². The van der Waals surface area contributed by atoms with Gasteiger partial charge in [-0.25, -0.2) is 19.2 Å². The van der Waals surface area contributed by atoms with Crippen LogP contribution in [0.15, 0.2) is 41.3 Å². The Morgan fingerprint density at radius 2 is 1.85 bits per heavy atom. The highest BCUT2D eigenvalue weighted by Crippen LogP contribution is 2.32. The fourth-order valence-electron chi connectivity index (χ4n) is 3.52. The Balaban J connectivity index is 1.90. The van der Waals surface area contributed by atoms with E-state index in [-0.39, 0.29) is 46.5 Å². The van der Waals surface area contributed by atoms with Crippen LogP contribution in [-0.2, 0) is 18.3 Å². The minimum Gasteiger partial charge on any atom is -0.452 e. The number of aryl methyl sites for hydroxylation is 1. The number of halogens is 1. The van der Waals surface area contributed by atoms with E-state index in [9.17, 15) is 14.0 Å². The number of aromatic nitrogens is 5. The van der Waals surface area contributed by atoms with E-state index in [1.165, 1.54) is 29.5 Å². The average Bonchev–Trinajstić information content (AvgIpc) is 3.15. The number of pyridine rings is 1. The Kier molecular flexibility index (Phi) is 5.42. The van der Waals surface area contributed by atoms with E-state index in [4.69, 9.17) is 11.5 Å². The zero-order chi connectivity index (χ0) is 23.9. The Hall–Kier alpha value is -4.48. The maximum absolute atomic E-state index is 14.3. The summed E-state index contributed by atoms with van der Waals surface area (Å²) in [5.74, 6) is -0.523. The highest BCUT2D eigenvalue weighted by atomic mass is 19.1. The lowest BCUT2D eigenvalue weighted by Gasteiger charge is -2.18. The number of amides is 1. The summed E-state index contributed by atoms with van der Waals surface area (Å²) in [4.78, 5) is 34.4. The first-order chi connectivity index (χ1) is 15.7. The fraction of sp³-hybridized carbons (Fsp3) is 0.190. The van der Waals surface area contributed by atoms with Gasteiger partial charge >= 0.3 is 6.09 Å². The summed E-state index contributed by atoms with van der Waals surface area (Å²) in [5.41, 5.74) is 12.7. The first kappa shape index (κ1) is 21.7. The quantitative estimate of drug-likeness (QED) is 0.476. The van der Waals surface area contributed by atoms with Gasteiger partial charge in [-0.05, 0) is 12.1 Å². The van der Waals surface area contributed by atoms with Gasteiger partial charge in [0.1, 0.15) is 22.7 Å². The van der Waals surface area contributed by atoms with Gasteiger partial charge in [0.05, 0.1) is 13.7 Å². The molecule has 0 saturated carbocycles. The summed E-state index contributed by atoms with van der Waals surface area (Å²) < 4.78 is 21.8. The molecule has 4 rings (SSSR count). The Bertz CT molecular complexity index is 1420. The number of ether oxygens (including phenoxy) is 1. The molecular weight excluding hydrogens is 431 g/mol. The van der Waals surface area contributed by atoms with Gasteiger partial charge in [-0.3, -0.25) is 14.4 Å². The average molecular weight is 452 g/mol. The summed E-state index contributed by atoms with van der Waals surface area (Å²) in [6.07, 6.45) is 0.878. The minimum atomic E-state index is -0.701. The molecule has 0 fully saturated rings. The van der Waals surface area contributed by atoms with Gasteiger partial charge in [-0.2, -0.15) is 5.10 Å². The summed E-state index contributed by atoms with van der Waals surface area (Å²) in [7, 11) is 4.24. The number of carbonyl (C=O) groups is 1. The number of nitrogens with zero attached hydrogens (tertiary/aromatic N) is 6. The SMILES string of the molecule is COC(=O)N(C)c1c(N)nc(-c2nn(Cc3ccccc3F)c3c(=O)n(C)ccc23)nc1N. The predicted molar refractivity (Wildman–Crippen MR) is 121 cm³/mol. The molecule has 3 aromatic heterocycles. The third-order valence-electron chi connectivity index (χ3n) is 5.19. The van der Waals surface area contributed by atoms with Gasteiger partial charge in [-0.1, -0.05) is 18.2 Å². The van der Waals surface area contributed by atoms with Crippen molar-refractivity contribution in [1.29, 1.82) is 0 Å². The van der Waals surface area contributed by atoms with E-state index < -0.39 is 11.9 Å². The maximum Gasteiger partial charge on any atom is 0.413 e. The van der Waals surface area contributed by atoms with Crippen molar-refractivity contribution in [2.45, 2.75) is 6.54 Å². The summed E-state index contributed by atoms with van der Waals surface area (Å²) in [6.45, 7) is 0.0105. The van der Waals surface area contributed by atoms with Gasteiger partial charge < -0.3 is 20.8 Å². The van der Waals surface area contributed by atoms with Crippen molar-refractivity contribution >= 4 is 34.3 Å².